The molecule has 0 heterocycles. The zero-order valence-corrected chi connectivity index (χ0v) is 13.9. The average molecular weight is 308 g/mol. The highest BCUT2D eigenvalue weighted by Crippen LogP contribution is 2.25. The van der Waals surface area contributed by atoms with Gasteiger partial charge in [0.25, 0.3) is 0 Å². The number of benzene rings is 1. The third-order valence-electron chi connectivity index (χ3n) is 3.56. The monoisotopic (exact) mass is 308 g/mol. The Balaban J connectivity index is 2.99. The maximum Gasteiger partial charge on any atom is 0.241 e. The third-order valence-corrected chi connectivity index (χ3v) is 5.04. The van der Waals surface area contributed by atoms with Gasteiger partial charge in [0.15, 0.2) is 0 Å². The molecular weight excluding hydrogens is 284 g/mol. The second kappa shape index (κ2) is 7.08. The lowest BCUT2D eigenvalue weighted by molar-refractivity contribution is 0.263. The highest BCUT2D eigenvalue weighted by Gasteiger charge is 2.23. The van der Waals surface area contributed by atoms with Crippen LogP contribution in [-0.4, -0.2) is 21.5 Å². The van der Waals surface area contributed by atoms with E-state index in [0.717, 1.165) is 0 Å². The number of nitrogens with one attached hydrogen (secondary N) is 1. The molecule has 1 unspecified atom stereocenters. The molecule has 1 atom stereocenters. The van der Waals surface area contributed by atoms with Gasteiger partial charge in [-0.05, 0) is 23.5 Å². The van der Waals surface area contributed by atoms with Crippen molar-refractivity contribution in [2.75, 3.05) is 13.1 Å². The summed E-state index contributed by atoms with van der Waals surface area (Å²) in [5.41, 5.74) is 5.86. The molecule has 0 saturated heterocycles. The molecule has 0 aromatic heterocycles. The molecule has 0 amide bonds. The lowest BCUT2D eigenvalue weighted by Crippen LogP contribution is -2.34. The minimum Gasteiger partial charge on any atom is -0.320 e. The molecular formula is C16H24N2O2S. The van der Waals surface area contributed by atoms with Crippen LogP contribution in [0, 0.1) is 23.2 Å². The first-order chi connectivity index (χ1) is 9.68. The van der Waals surface area contributed by atoms with Gasteiger partial charge in [0.05, 0.1) is 11.4 Å². The van der Waals surface area contributed by atoms with Crippen LogP contribution in [0.25, 0.3) is 0 Å². The highest BCUT2D eigenvalue weighted by molar-refractivity contribution is 7.89. The summed E-state index contributed by atoms with van der Waals surface area (Å²) < 4.78 is 27.5. The maximum atomic E-state index is 12.4. The Morgan fingerprint density at radius 1 is 1.29 bits per heavy atom. The summed E-state index contributed by atoms with van der Waals surface area (Å²) in [7, 11) is -3.57. The zero-order chi connectivity index (χ0) is 16.1. The topological polar surface area (TPSA) is 72.2 Å². The van der Waals surface area contributed by atoms with Crippen LogP contribution >= 0.6 is 0 Å². The molecule has 4 nitrogen and oxygen atoms in total. The van der Waals surface area contributed by atoms with Crippen molar-refractivity contribution in [1.29, 1.82) is 0 Å². The average Bonchev–Trinajstić information content (AvgIpc) is 2.41. The Morgan fingerprint density at radius 3 is 2.48 bits per heavy atom. The van der Waals surface area contributed by atoms with Crippen molar-refractivity contribution in [3.63, 3.8) is 0 Å². The van der Waals surface area contributed by atoms with E-state index in [-0.39, 0.29) is 22.8 Å². The normalized spacial score (nSPS) is 13.4. The molecule has 1 aromatic rings. The van der Waals surface area contributed by atoms with E-state index >= 15 is 0 Å². The highest BCUT2D eigenvalue weighted by atomic mass is 32.2. The van der Waals surface area contributed by atoms with Gasteiger partial charge in [0.2, 0.25) is 10.0 Å². The summed E-state index contributed by atoms with van der Waals surface area (Å²) in [5, 5.41) is 0. The Bertz CT molecular complexity index is 634. The van der Waals surface area contributed by atoms with E-state index in [0.29, 0.717) is 12.1 Å². The van der Waals surface area contributed by atoms with Crippen LogP contribution in [0.15, 0.2) is 29.2 Å². The predicted octanol–water partition coefficient (Wildman–Crippen LogP) is 1.96. The summed E-state index contributed by atoms with van der Waals surface area (Å²) in [4.78, 5) is 0.201. The molecule has 0 aliphatic rings. The van der Waals surface area contributed by atoms with Crippen LogP contribution in [0.3, 0.4) is 0 Å². The molecule has 0 spiro atoms. The van der Waals surface area contributed by atoms with Gasteiger partial charge in [-0.15, -0.1) is 0 Å². The van der Waals surface area contributed by atoms with Crippen molar-refractivity contribution in [2.45, 2.75) is 32.6 Å². The van der Waals surface area contributed by atoms with Crippen molar-refractivity contribution >= 4 is 10.0 Å². The summed E-state index contributed by atoms with van der Waals surface area (Å²) in [6, 6.07) is 6.70. The summed E-state index contributed by atoms with van der Waals surface area (Å²) >= 11 is 0. The molecule has 0 saturated carbocycles. The minimum atomic E-state index is -3.57. The summed E-state index contributed by atoms with van der Waals surface area (Å²) in [5.74, 6) is 5.71. The second-order valence-corrected chi connectivity index (χ2v) is 7.86. The molecule has 3 N–H and O–H groups in total. The molecule has 0 bridgehead atoms. The molecule has 1 aromatic carbocycles. The fourth-order valence-electron chi connectivity index (χ4n) is 1.57. The lowest BCUT2D eigenvalue weighted by Gasteiger charge is -2.27. The van der Waals surface area contributed by atoms with Gasteiger partial charge in [0, 0.05) is 12.1 Å². The molecule has 0 fully saturated rings. The third kappa shape index (κ3) is 5.16. The first-order valence-corrected chi connectivity index (χ1v) is 8.44. The number of hydrogen-bond donors (Lipinski definition) is 2. The lowest BCUT2D eigenvalue weighted by atomic mass is 9.82. The fourth-order valence-corrected chi connectivity index (χ4v) is 2.86. The Labute approximate surface area is 128 Å². The smallest absolute Gasteiger partial charge is 0.241 e. The van der Waals surface area contributed by atoms with E-state index in [1.807, 2.05) is 6.92 Å². The van der Waals surface area contributed by atoms with Gasteiger partial charge < -0.3 is 5.73 Å². The molecule has 0 radical (unpaired) electrons. The maximum absolute atomic E-state index is 12.4. The number of rotatable bonds is 4. The van der Waals surface area contributed by atoms with Crippen LogP contribution in [-0.2, 0) is 10.0 Å². The molecule has 5 heteroatoms. The molecule has 21 heavy (non-hydrogen) atoms. The van der Waals surface area contributed by atoms with Crippen molar-refractivity contribution in [1.82, 2.24) is 4.72 Å². The summed E-state index contributed by atoms with van der Waals surface area (Å²) in [6.45, 7) is 8.89. The van der Waals surface area contributed by atoms with Crippen LogP contribution in [0.4, 0.5) is 0 Å². The number of hydrogen-bond acceptors (Lipinski definition) is 3. The van der Waals surface area contributed by atoms with Crippen molar-refractivity contribution in [2.24, 2.45) is 17.1 Å². The van der Waals surface area contributed by atoms with Crippen molar-refractivity contribution in [3.05, 3.63) is 29.8 Å². The molecule has 1 rings (SSSR count). The first-order valence-electron chi connectivity index (χ1n) is 6.96. The first kappa shape index (κ1) is 17.7. The van der Waals surface area contributed by atoms with E-state index < -0.39 is 10.0 Å². The van der Waals surface area contributed by atoms with E-state index in [1.54, 1.807) is 24.3 Å². The predicted molar refractivity (Wildman–Crippen MR) is 86.2 cm³/mol. The summed E-state index contributed by atoms with van der Waals surface area (Å²) in [6.07, 6.45) is 0. The van der Waals surface area contributed by atoms with Crippen LogP contribution in [0.1, 0.15) is 33.3 Å². The van der Waals surface area contributed by atoms with E-state index in [1.165, 1.54) is 0 Å². The standard InChI is InChI=1S/C16H24N2O2S/c1-13(16(2,3)4)12-18-21(19,20)15-10-6-5-8-14(15)9-7-11-17/h5-6,8,10,13,18H,11-12,17H2,1-4H3. The largest absolute Gasteiger partial charge is 0.320 e. The van der Waals surface area contributed by atoms with Crippen LogP contribution in [0.2, 0.25) is 0 Å². The van der Waals surface area contributed by atoms with E-state index in [9.17, 15) is 8.42 Å². The van der Waals surface area contributed by atoms with E-state index in [2.05, 4.69) is 37.3 Å². The number of nitrogens with two attached hydrogens (primary N) is 1. The SMILES string of the molecule is CC(CNS(=O)(=O)c1ccccc1C#CCN)C(C)(C)C. The van der Waals surface area contributed by atoms with Crippen molar-refractivity contribution in [3.8, 4) is 11.8 Å². The molecule has 116 valence electrons. The van der Waals surface area contributed by atoms with Crippen molar-refractivity contribution < 1.29 is 8.42 Å². The Hall–Kier alpha value is -1.35. The van der Waals surface area contributed by atoms with Crippen LogP contribution in [0.5, 0.6) is 0 Å². The quantitative estimate of drug-likeness (QED) is 0.835. The fraction of sp³-hybridized carbons (Fsp3) is 0.500. The van der Waals surface area contributed by atoms with E-state index in [4.69, 9.17) is 5.73 Å². The van der Waals surface area contributed by atoms with Gasteiger partial charge >= 0.3 is 0 Å². The zero-order valence-electron chi connectivity index (χ0n) is 13.1. The van der Waals surface area contributed by atoms with Gasteiger partial charge in [-0.1, -0.05) is 51.7 Å². The second-order valence-electron chi connectivity index (χ2n) is 6.12. The Morgan fingerprint density at radius 2 is 1.90 bits per heavy atom. The number of sulfonamides is 1. The molecule has 0 aliphatic heterocycles. The van der Waals surface area contributed by atoms with Crippen LogP contribution < -0.4 is 10.5 Å². The van der Waals surface area contributed by atoms with Gasteiger partial charge in [0.1, 0.15) is 0 Å². The Kier molecular flexibility index (Phi) is 5.97. The van der Waals surface area contributed by atoms with Gasteiger partial charge in [-0.3, -0.25) is 0 Å². The van der Waals surface area contributed by atoms with Gasteiger partial charge in [-0.25, -0.2) is 13.1 Å². The molecule has 0 aliphatic carbocycles. The minimum absolute atomic E-state index is 0.0430. The van der Waals surface area contributed by atoms with Gasteiger partial charge in [-0.2, -0.15) is 0 Å².